The molecule has 0 unspecified atom stereocenters. The summed E-state index contributed by atoms with van der Waals surface area (Å²) in [6, 6.07) is 7.51. The summed E-state index contributed by atoms with van der Waals surface area (Å²) >= 11 is 0. The zero-order chi connectivity index (χ0) is 19.1. The first-order chi connectivity index (χ1) is 13.0. The van der Waals surface area contributed by atoms with Gasteiger partial charge in [0.05, 0.1) is 5.92 Å². The first-order valence-electron chi connectivity index (χ1n) is 10.4. The Labute approximate surface area is 162 Å². The molecule has 0 saturated heterocycles. The molecule has 4 nitrogen and oxygen atoms in total. The number of H-pyrrole nitrogens is 1. The number of rotatable bonds is 5. The van der Waals surface area contributed by atoms with Gasteiger partial charge in [-0.15, -0.1) is 0 Å². The fraction of sp³-hybridized carbons (Fsp3) is 0.522. The van der Waals surface area contributed by atoms with Crippen LogP contribution in [0.15, 0.2) is 30.5 Å². The summed E-state index contributed by atoms with van der Waals surface area (Å²) in [7, 11) is 0. The van der Waals surface area contributed by atoms with E-state index in [2.05, 4.69) is 73.4 Å². The molecular formula is C23H31N3O. The summed E-state index contributed by atoms with van der Waals surface area (Å²) in [5, 5.41) is 4.60. The van der Waals surface area contributed by atoms with Crippen molar-refractivity contribution in [3.63, 3.8) is 0 Å². The summed E-state index contributed by atoms with van der Waals surface area (Å²) < 4.78 is 0. The van der Waals surface area contributed by atoms with Gasteiger partial charge in [-0.3, -0.25) is 9.69 Å². The van der Waals surface area contributed by atoms with E-state index in [1.54, 1.807) is 0 Å². The second-order valence-electron chi connectivity index (χ2n) is 8.30. The van der Waals surface area contributed by atoms with E-state index in [9.17, 15) is 4.79 Å². The Bertz CT molecular complexity index is 875. The van der Waals surface area contributed by atoms with Crippen molar-refractivity contribution in [1.82, 2.24) is 15.2 Å². The lowest BCUT2D eigenvalue weighted by molar-refractivity contribution is -0.125. The number of carbonyl (C=O) groups is 1. The molecule has 27 heavy (non-hydrogen) atoms. The quantitative estimate of drug-likeness (QED) is 0.837. The van der Waals surface area contributed by atoms with Crippen LogP contribution < -0.4 is 5.32 Å². The number of hydrogen-bond donors (Lipinski definition) is 2. The van der Waals surface area contributed by atoms with Gasteiger partial charge in [0.25, 0.3) is 0 Å². The largest absolute Gasteiger partial charge is 0.361 e. The molecule has 2 heterocycles. The average molecular weight is 366 g/mol. The SMILES string of the molecule is CCC(CC)NC(=O)[C@@H]1C=C2c3cccc4[nH]cc(c34)C[C@H]2N(C(C)C)C1. The van der Waals surface area contributed by atoms with Crippen LogP contribution in [0.2, 0.25) is 0 Å². The zero-order valence-electron chi connectivity index (χ0n) is 16.9. The maximum Gasteiger partial charge on any atom is 0.228 e. The van der Waals surface area contributed by atoms with Gasteiger partial charge in [-0.25, -0.2) is 0 Å². The third kappa shape index (κ3) is 3.10. The Balaban J connectivity index is 1.75. The molecule has 2 N–H and O–H groups in total. The van der Waals surface area contributed by atoms with E-state index in [-0.39, 0.29) is 17.9 Å². The van der Waals surface area contributed by atoms with Crippen molar-refractivity contribution in [3.8, 4) is 0 Å². The van der Waals surface area contributed by atoms with E-state index in [1.807, 2.05) is 0 Å². The van der Waals surface area contributed by atoms with E-state index in [1.165, 1.54) is 27.6 Å². The van der Waals surface area contributed by atoms with Crippen LogP contribution in [-0.2, 0) is 11.2 Å². The molecule has 0 radical (unpaired) electrons. The molecule has 1 aromatic heterocycles. The normalized spacial score (nSPS) is 22.2. The molecule has 4 rings (SSSR count). The van der Waals surface area contributed by atoms with Crippen LogP contribution in [0.4, 0.5) is 0 Å². The van der Waals surface area contributed by atoms with Crippen molar-refractivity contribution in [2.45, 2.75) is 65.1 Å². The highest BCUT2D eigenvalue weighted by atomic mass is 16.2. The maximum atomic E-state index is 13.0. The monoisotopic (exact) mass is 365 g/mol. The number of nitrogens with zero attached hydrogens (tertiary/aromatic N) is 1. The van der Waals surface area contributed by atoms with Crippen molar-refractivity contribution in [2.24, 2.45) is 5.92 Å². The molecule has 0 saturated carbocycles. The van der Waals surface area contributed by atoms with Gasteiger partial charge in [0.2, 0.25) is 5.91 Å². The topological polar surface area (TPSA) is 48.1 Å². The number of amides is 1. The molecular weight excluding hydrogens is 334 g/mol. The van der Waals surface area contributed by atoms with Gasteiger partial charge in [-0.2, -0.15) is 0 Å². The Morgan fingerprint density at radius 3 is 2.78 bits per heavy atom. The van der Waals surface area contributed by atoms with Gasteiger partial charge in [0.1, 0.15) is 0 Å². The predicted octanol–water partition coefficient (Wildman–Crippen LogP) is 4.12. The van der Waals surface area contributed by atoms with Crippen LogP contribution in [-0.4, -0.2) is 40.5 Å². The molecule has 0 fully saturated rings. The Morgan fingerprint density at radius 1 is 1.30 bits per heavy atom. The van der Waals surface area contributed by atoms with Gasteiger partial charge in [0, 0.05) is 41.8 Å². The smallest absolute Gasteiger partial charge is 0.228 e. The molecule has 0 bridgehead atoms. The highest BCUT2D eigenvalue weighted by Gasteiger charge is 2.38. The summed E-state index contributed by atoms with van der Waals surface area (Å²) in [5.74, 6) is 0.0855. The Hall–Kier alpha value is -2.07. The van der Waals surface area contributed by atoms with Crippen LogP contribution >= 0.6 is 0 Å². The maximum absolute atomic E-state index is 13.0. The van der Waals surface area contributed by atoms with Crippen molar-refractivity contribution in [3.05, 3.63) is 41.6 Å². The van der Waals surface area contributed by atoms with Crippen molar-refractivity contribution < 1.29 is 4.79 Å². The van der Waals surface area contributed by atoms with Crippen molar-refractivity contribution in [2.75, 3.05) is 6.54 Å². The minimum absolute atomic E-state index is 0.0880. The number of nitrogens with one attached hydrogen (secondary N) is 2. The van der Waals surface area contributed by atoms with E-state index >= 15 is 0 Å². The van der Waals surface area contributed by atoms with E-state index < -0.39 is 0 Å². The van der Waals surface area contributed by atoms with Gasteiger partial charge < -0.3 is 10.3 Å². The molecule has 0 spiro atoms. The van der Waals surface area contributed by atoms with Gasteiger partial charge in [-0.05, 0) is 55.9 Å². The average Bonchev–Trinajstić information content (AvgIpc) is 3.09. The summed E-state index contributed by atoms with van der Waals surface area (Å²) in [6.45, 7) is 9.56. The molecule has 2 aliphatic rings. The summed E-state index contributed by atoms with van der Waals surface area (Å²) in [6.07, 6.45) is 7.39. The zero-order valence-corrected chi connectivity index (χ0v) is 16.9. The first-order valence-corrected chi connectivity index (χ1v) is 10.4. The second-order valence-corrected chi connectivity index (χ2v) is 8.30. The van der Waals surface area contributed by atoms with Crippen molar-refractivity contribution >= 4 is 22.4 Å². The van der Waals surface area contributed by atoms with E-state index in [0.717, 1.165) is 25.8 Å². The molecule has 4 heteroatoms. The molecule has 2 aromatic rings. The number of carbonyl (C=O) groups excluding carboxylic acids is 1. The minimum Gasteiger partial charge on any atom is -0.361 e. The Kier molecular flexibility index (Phi) is 4.85. The lowest BCUT2D eigenvalue weighted by Crippen LogP contribution is -2.52. The van der Waals surface area contributed by atoms with Gasteiger partial charge >= 0.3 is 0 Å². The lowest BCUT2D eigenvalue weighted by atomic mass is 9.79. The van der Waals surface area contributed by atoms with Crippen LogP contribution in [0.25, 0.3) is 16.5 Å². The van der Waals surface area contributed by atoms with Crippen LogP contribution in [0.3, 0.4) is 0 Å². The fourth-order valence-electron chi connectivity index (χ4n) is 4.81. The fourth-order valence-corrected chi connectivity index (χ4v) is 4.81. The first kappa shape index (κ1) is 18.3. The van der Waals surface area contributed by atoms with Gasteiger partial charge in [0.15, 0.2) is 0 Å². The van der Waals surface area contributed by atoms with Crippen LogP contribution in [0.1, 0.15) is 51.7 Å². The summed E-state index contributed by atoms with van der Waals surface area (Å²) in [5.41, 5.74) is 5.22. The third-order valence-electron chi connectivity index (χ3n) is 6.39. The molecule has 144 valence electrons. The number of fused-ring (bicyclic) bond motifs is 2. The molecule has 1 aliphatic heterocycles. The standard InChI is InChI=1S/C23H31N3O/c1-5-17(6-2)25-23(27)16-10-19-18-8-7-9-20-22(18)15(12-24-20)11-21(19)26(13-16)14(3)4/h7-10,12,14,16-17,21,24H,5-6,11,13H2,1-4H3,(H,25,27)/t16-,21-/m1/s1. The highest BCUT2D eigenvalue weighted by molar-refractivity contribution is 5.99. The lowest BCUT2D eigenvalue weighted by Gasteiger charge is -2.44. The van der Waals surface area contributed by atoms with E-state index in [4.69, 9.17) is 0 Å². The molecule has 1 amide bonds. The Morgan fingerprint density at radius 2 is 2.07 bits per heavy atom. The van der Waals surface area contributed by atoms with Crippen LogP contribution in [0.5, 0.6) is 0 Å². The number of aromatic amines is 1. The summed E-state index contributed by atoms with van der Waals surface area (Å²) in [4.78, 5) is 19.0. The highest BCUT2D eigenvalue weighted by Crippen LogP contribution is 2.41. The number of aromatic nitrogens is 1. The van der Waals surface area contributed by atoms with Crippen molar-refractivity contribution in [1.29, 1.82) is 0 Å². The van der Waals surface area contributed by atoms with Crippen LogP contribution in [0, 0.1) is 5.92 Å². The second kappa shape index (κ2) is 7.16. The van der Waals surface area contributed by atoms with E-state index in [0.29, 0.717) is 12.1 Å². The number of benzene rings is 1. The molecule has 1 aromatic carbocycles. The molecule has 1 aliphatic carbocycles. The minimum atomic E-state index is -0.0880. The molecule has 2 atom stereocenters. The van der Waals surface area contributed by atoms with Gasteiger partial charge in [-0.1, -0.05) is 32.1 Å². The number of hydrogen-bond acceptors (Lipinski definition) is 2. The predicted molar refractivity (Wildman–Crippen MR) is 112 cm³/mol. The third-order valence-corrected chi connectivity index (χ3v) is 6.39.